The van der Waals surface area contributed by atoms with Gasteiger partial charge in [0.25, 0.3) is 20.2 Å². The summed E-state index contributed by atoms with van der Waals surface area (Å²) in [5.41, 5.74) is 2.12. The van der Waals surface area contributed by atoms with Crippen LogP contribution in [0.3, 0.4) is 0 Å². The van der Waals surface area contributed by atoms with Crippen LogP contribution in [0.4, 0.5) is 0 Å². The molecule has 1 fully saturated rings. The fourth-order valence-electron chi connectivity index (χ4n) is 5.02. The van der Waals surface area contributed by atoms with Gasteiger partial charge in [0.15, 0.2) is 12.4 Å². The van der Waals surface area contributed by atoms with E-state index in [2.05, 4.69) is 11.8 Å². The first-order valence-electron chi connectivity index (χ1n) is 13.5. The van der Waals surface area contributed by atoms with Crippen LogP contribution >= 0.6 is 0 Å². The van der Waals surface area contributed by atoms with Crippen LogP contribution < -0.4 is 9.47 Å². The van der Waals surface area contributed by atoms with E-state index in [0.29, 0.717) is 0 Å². The van der Waals surface area contributed by atoms with Gasteiger partial charge >= 0.3 is 0 Å². The number of fused-ring (bicyclic) bond motifs is 1. The molecule has 1 saturated heterocycles. The summed E-state index contributed by atoms with van der Waals surface area (Å²) in [6.07, 6.45) is 6.80. The fourth-order valence-corrected chi connectivity index (χ4v) is 6.43. The molecule has 0 spiro atoms. The van der Waals surface area contributed by atoms with Crippen LogP contribution in [-0.2, 0) is 20.2 Å². The Labute approximate surface area is 251 Å². The summed E-state index contributed by atoms with van der Waals surface area (Å²) in [5.74, 6) is 1.74. The van der Waals surface area contributed by atoms with Crippen molar-refractivity contribution in [1.29, 1.82) is 0 Å². The maximum Gasteiger partial charge on any atom is 0.295 e. The van der Waals surface area contributed by atoms with Gasteiger partial charge < -0.3 is 20.3 Å². The predicted octanol–water partition coefficient (Wildman–Crippen LogP) is 4.00. The minimum absolute atomic E-state index is 0. The highest BCUT2D eigenvalue weighted by Crippen LogP contribution is 2.28. The summed E-state index contributed by atoms with van der Waals surface area (Å²) in [7, 11) is -8.94. The predicted molar refractivity (Wildman–Crippen MR) is 163 cm³/mol. The molecule has 5 rings (SSSR count). The van der Waals surface area contributed by atoms with Gasteiger partial charge in [-0.3, -0.25) is 9.11 Å². The number of piperidine rings is 1. The van der Waals surface area contributed by atoms with Crippen molar-refractivity contribution in [3.8, 4) is 16.9 Å². The van der Waals surface area contributed by atoms with Crippen molar-refractivity contribution in [1.82, 2.24) is 4.90 Å². The van der Waals surface area contributed by atoms with Crippen molar-refractivity contribution in [3.63, 3.8) is 0 Å². The van der Waals surface area contributed by atoms with Crippen LogP contribution in [0.2, 0.25) is 0 Å². The number of pyridine rings is 1. The highest BCUT2D eigenvalue weighted by atomic mass is 32.2. The van der Waals surface area contributed by atoms with E-state index < -0.39 is 30.0 Å². The molecule has 1 atom stereocenters. The first-order valence-corrected chi connectivity index (χ1v) is 16.4. The van der Waals surface area contributed by atoms with Gasteiger partial charge in [-0.15, -0.1) is 0 Å². The second kappa shape index (κ2) is 14.7. The minimum atomic E-state index is -4.47. The lowest BCUT2D eigenvalue weighted by Crippen LogP contribution is -2.35. The maximum absolute atomic E-state index is 11.2. The molecule has 2 heterocycles. The molecule has 232 valence electrons. The molecule has 1 aromatic heterocycles. The lowest BCUT2D eigenvalue weighted by molar-refractivity contribution is -0.605. The second-order valence-corrected chi connectivity index (χ2v) is 13.1. The van der Waals surface area contributed by atoms with Crippen LogP contribution in [0.5, 0.6) is 5.75 Å². The Morgan fingerprint density at radius 2 is 1.40 bits per heavy atom. The SMILES string of the molecule is C[C@H]1CCCN(CCCOc2ccc(-c3cc[n+]([O-])cc3)cc2)C1.O.O=S(=O)(O)c1cccc2c(S(=O)(=O)O)cccc12. The van der Waals surface area contributed by atoms with Gasteiger partial charge in [-0.25, -0.2) is 0 Å². The summed E-state index contributed by atoms with van der Waals surface area (Å²) in [4.78, 5) is 1.73. The van der Waals surface area contributed by atoms with Crippen LogP contribution in [0.1, 0.15) is 26.2 Å². The van der Waals surface area contributed by atoms with Crippen molar-refractivity contribution in [2.24, 2.45) is 5.92 Å². The van der Waals surface area contributed by atoms with Crippen molar-refractivity contribution < 1.29 is 40.9 Å². The van der Waals surface area contributed by atoms with Gasteiger partial charge in [0.2, 0.25) is 0 Å². The molecule has 0 aliphatic carbocycles. The number of ether oxygens (including phenoxy) is 1. The standard InChI is InChI=1S/C20H26N2O2.C10H8O6S2.H2O/c1-17-4-2-11-21(16-17)12-3-15-24-20-7-5-18(6-8-20)19-9-13-22(23)14-10-19;11-17(12,13)9-5-1-3-7-8(9)4-2-6-10(7)18(14,15)16;/h5-10,13-14,17H,2-4,11-12,15-16H2,1H3;1-6H,(H,11,12,13)(H,14,15,16);1H2/t17-;;/m0../s1. The molecule has 0 bridgehead atoms. The highest BCUT2D eigenvalue weighted by Gasteiger charge is 2.19. The van der Waals surface area contributed by atoms with Crippen LogP contribution in [0.15, 0.2) is 95.0 Å². The largest absolute Gasteiger partial charge is 0.619 e. The van der Waals surface area contributed by atoms with Crippen molar-refractivity contribution in [2.75, 3.05) is 26.2 Å². The van der Waals surface area contributed by atoms with Crippen LogP contribution in [-0.4, -0.2) is 62.6 Å². The van der Waals surface area contributed by atoms with Gasteiger partial charge in [0.05, 0.1) is 6.61 Å². The first kappa shape index (κ1) is 33.9. The molecular formula is C30H36N2O9S2. The van der Waals surface area contributed by atoms with Crippen molar-refractivity contribution >= 4 is 31.0 Å². The number of likely N-dealkylation sites (tertiary alicyclic amines) is 1. The zero-order valence-electron chi connectivity index (χ0n) is 23.7. The highest BCUT2D eigenvalue weighted by molar-refractivity contribution is 7.86. The van der Waals surface area contributed by atoms with Crippen LogP contribution in [0, 0.1) is 11.1 Å². The Kier molecular flexibility index (Phi) is 11.6. The van der Waals surface area contributed by atoms with E-state index in [1.165, 1.54) is 62.6 Å². The summed E-state index contributed by atoms with van der Waals surface area (Å²) >= 11 is 0. The number of nitrogens with zero attached hydrogens (tertiary/aromatic N) is 2. The van der Waals surface area contributed by atoms with E-state index in [1.54, 1.807) is 0 Å². The third kappa shape index (κ3) is 9.45. The smallest absolute Gasteiger partial charge is 0.295 e. The molecule has 1 aliphatic rings. The molecule has 3 aromatic carbocycles. The molecular weight excluding hydrogens is 596 g/mol. The number of hydrogen-bond acceptors (Lipinski definition) is 7. The number of hydrogen-bond donors (Lipinski definition) is 2. The summed E-state index contributed by atoms with van der Waals surface area (Å²) < 4.78 is 69.3. The molecule has 0 radical (unpaired) electrons. The van der Waals surface area contributed by atoms with Gasteiger partial charge in [-0.1, -0.05) is 43.3 Å². The van der Waals surface area contributed by atoms with Gasteiger partial charge in [0.1, 0.15) is 15.5 Å². The van der Waals surface area contributed by atoms with Crippen LogP contribution in [0.25, 0.3) is 21.9 Å². The van der Waals surface area contributed by atoms with E-state index in [4.69, 9.17) is 13.8 Å². The summed E-state index contributed by atoms with van der Waals surface area (Å²) in [6.45, 7) is 6.69. The Hall–Kier alpha value is -3.59. The Balaban J connectivity index is 0.000000239. The average Bonchev–Trinajstić information content (AvgIpc) is 2.95. The fraction of sp³-hybridized carbons (Fsp3) is 0.300. The van der Waals surface area contributed by atoms with E-state index in [-0.39, 0.29) is 16.2 Å². The normalized spacial score (nSPS) is 15.7. The Bertz CT molecular complexity index is 1640. The second-order valence-electron chi connectivity index (χ2n) is 10.3. The number of benzene rings is 3. The van der Waals surface area contributed by atoms with Gasteiger partial charge in [-0.2, -0.15) is 21.6 Å². The van der Waals surface area contributed by atoms with E-state index in [9.17, 15) is 22.0 Å². The minimum Gasteiger partial charge on any atom is -0.619 e. The Morgan fingerprint density at radius 1 is 0.860 bits per heavy atom. The number of rotatable bonds is 8. The van der Waals surface area contributed by atoms with Gasteiger partial charge in [-0.05, 0) is 67.1 Å². The third-order valence-electron chi connectivity index (χ3n) is 7.02. The van der Waals surface area contributed by atoms with E-state index in [0.717, 1.165) is 59.2 Å². The lowest BCUT2D eigenvalue weighted by atomic mass is 10.0. The van der Waals surface area contributed by atoms with Crippen molar-refractivity contribution in [2.45, 2.75) is 36.0 Å². The van der Waals surface area contributed by atoms with Gasteiger partial charge in [0, 0.05) is 36.0 Å². The molecule has 0 unspecified atom stereocenters. The Morgan fingerprint density at radius 3 is 1.91 bits per heavy atom. The maximum atomic E-state index is 11.2. The quantitative estimate of drug-likeness (QED) is 0.126. The zero-order chi connectivity index (χ0) is 30.3. The molecule has 43 heavy (non-hydrogen) atoms. The zero-order valence-corrected chi connectivity index (χ0v) is 25.3. The summed E-state index contributed by atoms with van der Waals surface area (Å²) in [6, 6.07) is 19.2. The molecule has 0 amide bonds. The topological polar surface area (TPSA) is 180 Å². The molecule has 1 aliphatic heterocycles. The third-order valence-corrected chi connectivity index (χ3v) is 8.84. The average molecular weight is 633 g/mol. The number of aromatic nitrogens is 1. The molecule has 4 N–H and O–H groups in total. The molecule has 0 saturated carbocycles. The molecule has 11 nitrogen and oxygen atoms in total. The summed E-state index contributed by atoms with van der Waals surface area (Å²) in [5, 5.41) is 11.1. The monoisotopic (exact) mass is 632 g/mol. The van der Waals surface area contributed by atoms with E-state index >= 15 is 0 Å². The first-order chi connectivity index (χ1) is 19.9. The molecule has 4 aromatic rings. The lowest BCUT2D eigenvalue weighted by Gasteiger charge is -2.30. The molecule has 13 heteroatoms. The van der Waals surface area contributed by atoms with E-state index in [1.807, 2.05) is 36.4 Å². The van der Waals surface area contributed by atoms with Crippen molar-refractivity contribution in [3.05, 3.63) is 90.4 Å².